The molecule has 1 fully saturated rings. The van der Waals surface area contributed by atoms with Gasteiger partial charge in [0.2, 0.25) is 0 Å². The van der Waals surface area contributed by atoms with Crippen LogP contribution in [-0.4, -0.2) is 29.3 Å². The summed E-state index contributed by atoms with van der Waals surface area (Å²) in [4.78, 5) is 11.5. The van der Waals surface area contributed by atoms with E-state index < -0.39 is 0 Å². The predicted octanol–water partition coefficient (Wildman–Crippen LogP) is 2.41. The summed E-state index contributed by atoms with van der Waals surface area (Å²) in [5.41, 5.74) is 0.997. The molecule has 1 aromatic rings. The molecular weight excluding hydrogens is 240 g/mol. The molecule has 1 saturated carbocycles. The van der Waals surface area contributed by atoms with E-state index in [1.54, 1.807) is 13.3 Å². The third-order valence-corrected chi connectivity index (χ3v) is 3.50. The van der Waals surface area contributed by atoms with Crippen LogP contribution in [0.4, 0.5) is 0 Å². The SMILES string of the molecule is COCCn1ncc(Cl)c1C1CCCC(=O)C1. The number of halogens is 1. The van der Waals surface area contributed by atoms with Gasteiger partial charge >= 0.3 is 0 Å². The standard InChI is InChI=1S/C12H17ClN2O2/c1-17-6-5-15-12(11(13)8-14-15)9-3-2-4-10(16)7-9/h8-9H,2-7H2,1H3. The molecule has 0 spiro atoms. The largest absolute Gasteiger partial charge is 0.383 e. The van der Waals surface area contributed by atoms with E-state index >= 15 is 0 Å². The Hall–Kier alpha value is -0.870. The zero-order chi connectivity index (χ0) is 12.3. The molecule has 0 amide bonds. The van der Waals surface area contributed by atoms with Crippen molar-refractivity contribution >= 4 is 17.4 Å². The molecule has 4 nitrogen and oxygen atoms in total. The topological polar surface area (TPSA) is 44.1 Å². The van der Waals surface area contributed by atoms with Gasteiger partial charge in [-0.15, -0.1) is 0 Å². The maximum absolute atomic E-state index is 11.5. The number of rotatable bonds is 4. The normalized spacial score (nSPS) is 20.8. The van der Waals surface area contributed by atoms with Gasteiger partial charge in [-0.25, -0.2) is 0 Å². The Kier molecular flexibility index (Phi) is 4.18. The van der Waals surface area contributed by atoms with Gasteiger partial charge in [0.25, 0.3) is 0 Å². The second kappa shape index (κ2) is 5.65. The first-order valence-electron chi connectivity index (χ1n) is 5.94. The van der Waals surface area contributed by atoms with Crippen LogP contribution in [0.1, 0.15) is 37.3 Å². The van der Waals surface area contributed by atoms with Crippen LogP contribution in [0.2, 0.25) is 5.02 Å². The Labute approximate surface area is 106 Å². The number of nitrogens with zero attached hydrogens (tertiary/aromatic N) is 2. The molecule has 0 saturated heterocycles. The van der Waals surface area contributed by atoms with E-state index in [0.717, 1.165) is 18.5 Å². The second-order valence-electron chi connectivity index (χ2n) is 4.43. The van der Waals surface area contributed by atoms with Gasteiger partial charge in [0.1, 0.15) is 5.78 Å². The lowest BCUT2D eigenvalue weighted by Gasteiger charge is -2.22. The molecule has 1 aromatic heterocycles. The number of hydrogen-bond donors (Lipinski definition) is 0. The van der Waals surface area contributed by atoms with Crippen molar-refractivity contribution in [2.45, 2.75) is 38.1 Å². The van der Waals surface area contributed by atoms with Crippen LogP contribution in [0, 0.1) is 0 Å². The maximum Gasteiger partial charge on any atom is 0.133 e. The Morgan fingerprint density at radius 2 is 2.47 bits per heavy atom. The summed E-state index contributed by atoms with van der Waals surface area (Å²) < 4.78 is 6.92. The molecule has 0 N–H and O–H groups in total. The summed E-state index contributed by atoms with van der Waals surface area (Å²) in [5, 5.41) is 4.91. The summed E-state index contributed by atoms with van der Waals surface area (Å²) in [6.07, 6.45) is 4.93. The Morgan fingerprint density at radius 3 is 3.18 bits per heavy atom. The van der Waals surface area contributed by atoms with Crippen molar-refractivity contribution in [2.24, 2.45) is 0 Å². The van der Waals surface area contributed by atoms with Gasteiger partial charge in [-0.2, -0.15) is 5.10 Å². The Balaban J connectivity index is 2.17. The van der Waals surface area contributed by atoms with Gasteiger partial charge in [-0.3, -0.25) is 9.48 Å². The van der Waals surface area contributed by atoms with E-state index in [1.807, 2.05) is 4.68 Å². The average Bonchev–Trinajstić information content (AvgIpc) is 2.68. The molecule has 0 aromatic carbocycles. The van der Waals surface area contributed by atoms with E-state index in [4.69, 9.17) is 16.3 Å². The highest BCUT2D eigenvalue weighted by atomic mass is 35.5. The summed E-state index contributed by atoms with van der Waals surface area (Å²) in [6.45, 7) is 1.29. The number of ether oxygens (including phenoxy) is 1. The lowest BCUT2D eigenvalue weighted by atomic mass is 9.86. The van der Waals surface area contributed by atoms with Gasteiger partial charge in [-0.05, 0) is 12.8 Å². The summed E-state index contributed by atoms with van der Waals surface area (Å²) >= 11 is 6.17. The van der Waals surface area contributed by atoms with Crippen LogP contribution in [0.3, 0.4) is 0 Å². The third kappa shape index (κ3) is 2.87. The summed E-state index contributed by atoms with van der Waals surface area (Å²) in [5.74, 6) is 0.555. The molecule has 2 rings (SSSR count). The van der Waals surface area contributed by atoms with Gasteiger partial charge < -0.3 is 4.74 Å². The van der Waals surface area contributed by atoms with Crippen molar-refractivity contribution in [1.29, 1.82) is 0 Å². The molecule has 94 valence electrons. The van der Waals surface area contributed by atoms with E-state index in [0.29, 0.717) is 36.8 Å². The average molecular weight is 257 g/mol. The molecule has 1 atom stereocenters. The second-order valence-corrected chi connectivity index (χ2v) is 4.83. The zero-order valence-corrected chi connectivity index (χ0v) is 10.7. The lowest BCUT2D eigenvalue weighted by molar-refractivity contribution is -0.120. The van der Waals surface area contributed by atoms with E-state index in [2.05, 4.69) is 5.10 Å². The smallest absolute Gasteiger partial charge is 0.133 e. The molecule has 1 heterocycles. The molecule has 1 unspecified atom stereocenters. The summed E-state index contributed by atoms with van der Waals surface area (Å²) in [7, 11) is 1.66. The molecule has 0 aliphatic heterocycles. The van der Waals surface area contributed by atoms with Gasteiger partial charge in [0.15, 0.2) is 0 Å². The fourth-order valence-electron chi connectivity index (χ4n) is 2.39. The minimum Gasteiger partial charge on any atom is -0.383 e. The van der Waals surface area contributed by atoms with Crippen molar-refractivity contribution in [2.75, 3.05) is 13.7 Å². The van der Waals surface area contributed by atoms with Crippen molar-refractivity contribution in [1.82, 2.24) is 9.78 Å². The molecule has 1 aliphatic carbocycles. The van der Waals surface area contributed by atoms with Crippen LogP contribution in [-0.2, 0) is 16.1 Å². The first-order valence-corrected chi connectivity index (χ1v) is 6.32. The minimum absolute atomic E-state index is 0.225. The Bertz CT molecular complexity index is 403. The van der Waals surface area contributed by atoms with Crippen molar-refractivity contribution < 1.29 is 9.53 Å². The molecule has 5 heteroatoms. The predicted molar refractivity (Wildman–Crippen MR) is 65.3 cm³/mol. The molecule has 17 heavy (non-hydrogen) atoms. The van der Waals surface area contributed by atoms with E-state index in [1.165, 1.54) is 0 Å². The number of aromatic nitrogens is 2. The van der Waals surface area contributed by atoms with Gasteiger partial charge in [0.05, 0.1) is 30.1 Å². The number of methoxy groups -OCH3 is 1. The van der Waals surface area contributed by atoms with Crippen LogP contribution < -0.4 is 0 Å². The van der Waals surface area contributed by atoms with Crippen molar-refractivity contribution in [3.8, 4) is 0 Å². The minimum atomic E-state index is 0.225. The van der Waals surface area contributed by atoms with Gasteiger partial charge in [0, 0.05) is 25.9 Å². The van der Waals surface area contributed by atoms with Crippen LogP contribution in [0.15, 0.2) is 6.20 Å². The number of ketones is 1. The highest BCUT2D eigenvalue weighted by molar-refractivity contribution is 6.31. The highest BCUT2D eigenvalue weighted by Gasteiger charge is 2.26. The van der Waals surface area contributed by atoms with Crippen LogP contribution in [0.5, 0.6) is 0 Å². The molecule has 0 bridgehead atoms. The molecule has 0 radical (unpaired) electrons. The fourth-order valence-corrected chi connectivity index (χ4v) is 2.69. The maximum atomic E-state index is 11.5. The molecule has 1 aliphatic rings. The number of Topliss-reactive ketones (excluding diaryl/α,β-unsaturated/α-hetero) is 1. The van der Waals surface area contributed by atoms with Crippen molar-refractivity contribution in [3.63, 3.8) is 0 Å². The number of carbonyl (C=O) groups excluding carboxylic acids is 1. The Morgan fingerprint density at radius 1 is 1.65 bits per heavy atom. The first-order chi connectivity index (χ1) is 8.22. The molecular formula is C12H17ClN2O2. The monoisotopic (exact) mass is 256 g/mol. The first kappa shape index (κ1) is 12.6. The van der Waals surface area contributed by atoms with Crippen LogP contribution >= 0.6 is 11.6 Å². The van der Waals surface area contributed by atoms with Gasteiger partial charge in [-0.1, -0.05) is 11.6 Å². The fraction of sp³-hybridized carbons (Fsp3) is 0.667. The third-order valence-electron chi connectivity index (χ3n) is 3.21. The zero-order valence-electron chi connectivity index (χ0n) is 9.99. The quantitative estimate of drug-likeness (QED) is 0.831. The summed E-state index contributed by atoms with van der Waals surface area (Å²) in [6, 6.07) is 0. The number of carbonyl (C=O) groups is 1. The van der Waals surface area contributed by atoms with E-state index in [-0.39, 0.29) is 5.92 Å². The van der Waals surface area contributed by atoms with Crippen molar-refractivity contribution in [3.05, 3.63) is 16.9 Å². The lowest BCUT2D eigenvalue weighted by Crippen LogP contribution is -2.18. The highest BCUT2D eigenvalue weighted by Crippen LogP contribution is 2.34. The van der Waals surface area contributed by atoms with Crippen LogP contribution in [0.25, 0.3) is 0 Å². The number of hydrogen-bond acceptors (Lipinski definition) is 3. The van der Waals surface area contributed by atoms with E-state index in [9.17, 15) is 4.79 Å².